The van der Waals surface area contributed by atoms with Crippen molar-refractivity contribution < 1.29 is 9.53 Å². The molecule has 0 aromatic carbocycles. The number of carbonyl (C=O) groups is 1. The molecule has 0 aromatic rings. The van der Waals surface area contributed by atoms with E-state index in [1.807, 2.05) is 0 Å². The van der Waals surface area contributed by atoms with Gasteiger partial charge in [0.1, 0.15) is 0 Å². The van der Waals surface area contributed by atoms with Gasteiger partial charge in [0.2, 0.25) is 5.91 Å². The smallest absolute Gasteiger partial charge is 0.240 e. The Morgan fingerprint density at radius 1 is 1.44 bits per heavy atom. The van der Waals surface area contributed by atoms with Crippen molar-refractivity contribution in [2.45, 2.75) is 50.6 Å². The van der Waals surface area contributed by atoms with Crippen LogP contribution < -0.4 is 11.1 Å². The minimum atomic E-state index is -0.698. The lowest BCUT2D eigenvalue weighted by atomic mass is 9.80. The third-order valence-electron chi connectivity index (χ3n) is 4.05. The third-order valence-corrected chi connectivity index (χ3v) is 4.05. The fourth-order valence-corrected chi connectivity index (χ4v) is 2.37. The summed E-state index contributed by atoms with van der Waals surface area (Å²) >= 11 is 0. The Morgan fingerprint density at radius 3 is 2.56 bits per heavy atom. The lowest BCUT2D eigenvalue weighted by Crippen LogP contribution is -2.59. The van der Waals surface area contributed by atoms with Gasteiger partial charge in [-0.15, -0.1) is 0 Å². The van der Waals surface area contributed by atoms with E-state index >= 15 is 0 Å². The van der Waals surface area contributed by atoms with Crippen molar-refractivity contribution in [3.05, 3.63) is 0 Å². The van der Waals surface area contributed by atoms with Gasteiger partial charge < -0.3 is 15.8 Å². The average Bonchev–Trinajstić information content (AvgIpc) is 2.15. The number of nitrogens with two attached hydrogens (primary N) is 1. The quantitative estimate of drug-likeness (QED) is 0.748. The highest BCUT2D eigenvalue weighted by molar-refractivity contribution is 5.86. The molecule has 1 unspecified atom stereocenters. The largest absolute Gasteiger partial charge is 0.381 e. The molecule has 1 atom stereocenters. The van der Waals surface area contributed by atoms with Crippen LogP contribution in [-0.4, -0.2) is 30.7 Å². The molecule has 1 aliphatic carbocycles. The number of hydrogen-bond acceptors (Lipinski definition) is 3. The number of amides is 1. The van der Waals surface area contributed by atoms with Crippen molar-refractivity contribution in [3.63, 3.8) is 0 Å². The zero-order chi connectivity index (χ0) is 11.6. The van der Waals surface area contributed by atoms with E-state index in [4.69, 9.17) is 10.5 Å². The minimum absolute atomic E-state index is 0.00944. The van der Waals surface area contributed by atoms with Crippen LogP contribution in [0.15, 0.2) is 0 Å². The van der Waals surface area contributed by atoms with E-state index in [1.165, 1.54) is 19.3 Å². The zero-order valence-electron chi connectivity index (χ0n) is 10.00. The Kier molecular flexibility index (Phi) is 3.50. The first-order valence-electron chi connectivity index (χ1n) is 6.29. The van der Waals surface area contributed by atoms with Gasteiger partial charge in [-0.25, -0.2) is 0 Å². The molecule has 92 valence electrons. The summed E-state index contributed by atoms with van der Waals surface area (Å²) in [5.74, 6) is 0.669. The van der Waals surface area contributed by atoms with Crippen LogP contribution in [0.25, 0.3) is 0 Å². The molecule has 2 rings (SSSR count). The van der Waals surface area contributed by atoms with Gasteiger partial charge in [0.25, 0.3) is 0 Å². The number of carbonyl (C=O) groups excluding carboxylic acids is 1. The Hall–Kier alpha value is -0.610. The first kappa shape index (κ1) is 11.9. The fourth-order valence-electron chi connectivity index (χ4n) is 2.37. The lowest BCUT2D eigenvalue weighted by molar-refractivity contribution is -0.131. The average molecular weight is 226 g/mol. The second kappa shape index (κ2) is 4.72. The molecule has 4 heteroatoms. The van der Waals surface area contributed by atoms with Crippen LogP contribution in [0.4, 0.5) is 0 Å². The predicted octanol–water partition coefficient (Wildman–Crippen LogP) is 0.799. The van der Waals surface area contributed by atoms with Crippen LogP contribution in [0.2, 0.25) is 0 Å². The summed E-state index contributed by atoms with van der Waals surface area (Å²) in [4.78, 5) is 12.1. The topological polar surface area (TPSA) is 64.4 Å². The molecule has 1 heterocycles. The van der Waals surface area contributed by atoms with Gasteiger partial charge in [0, 0.05) is 19.3 Å². The van der Waals surface area contributed by atoms with E-state index in [1.54, 1.807) is 0 Å². The molecule has 2 aliphatic rings. The lowest BCUT2D eigenvalue weighted by Gasteiger charge is -2.36. The number of ether oxygens (including phenoxy) is 1. The molecule has 1 saturated carbocycles. The van der Waals surface area contributed by atoms with Crippen LogP contribution in [0, 0.1) is 5.92 Å². The predicted molar refractivity (Wildman–Crippen MR) is 61.9 cm³/mol. The fraction of sp³-hybridized carbons (Fsp3) is 0.917. The van der Waals surface area contributed by atoms with Crippen LogP contribution in [-0.2, 0) is 9.53 Å². The molecule has 1 aliphatic heterocycles. The molecule has 0 aromatic heterocycles. The van der Waals surface area contributed by atoms with E-state index in [9.17, 15) is 4.79 Å². The highest BCUT2D eigenvalue weighted by Crippen LogP contribution is 2.29. The van der Waals surface area contributed by atoms with Crippen LogP contribution in [0.3, 0.4) is 0 Å². The van der Waals surface area contributed by atoms with Gasteiger partial charge in [-0.05, 0) is 38.5 Å². The molecule has 2 fully saturated rings. The number of hydrogen-bond donors (Lipinski definition) is 2. The van der Waals surface area contributed by atoms with Gasteiger partial charge in [0.15, 0.2) is 0 Å². The summed E-state index contributed by atoms with van der Waals surface area (Å²) in [5.41, 5.74) is 5.42. The summed E-state index contributed by atoms with van der Waals surface area (Å²) < 4.78 is 5.24. The van der Waals surface area contributed by atoms with Crippen LogP contribution >= 0.6 is 0 Å². The van der Waals surface area contributed by atoms with Crippen molar-refractivity contribution in [3.8, 4) is 0 Å². The second-order valence-corrected chi connectivity index (χ2v) is 5.22. The van der Waals surface area contributed by atoms with Gasteiger partial charge in [-0.2, -0.15) is 0 Å². The Bertz CT molecular complexity index is 258. The monoisotopic (exact) mass is 226 g/mol. The van der Waals surface area contributed by atoms with Gasteiger partial charge >= 0.3 is 0 Å². The van der Waals surface area contributed by atoms with Crippen molar-refractivity contribution >= 4 is 5.91 Å². The van der Waals surface area contributed by atoms with E-state index in [-0.39, 0.29) is 11.9 Å². The van der Waals surface area contributed by atoms with E-state index in [2.05, 4.69) is 12.2 Å². The summed E-state index contributed by atoms with van der Waals surface area (Å²) in [7, 11) is 0. The maximum atomic E-state index is 12.1. The molecule has 0 bridgehead atoms. The van der Waals surface area contributed by atoms with Crippen molar-refractivity contribution in [2.24, 2.45) is 11.7 Å². The number of nitrogens with one attached hydrogen (secondary N) is 1. The summed E-state index contributed by atoms with van der Waals surface area (Å²) in [6, 6.07) is 0.268. The molecular formula is C12H22N2O2. The van der Waals surface area contributed by atoms with Crippen LogP contribution in [0.1, 0.15) is 39.0 Å². The zero-order valence-corrected chi connectivity index (χ0v) is 10.00. The Labute approximate surface area is 96.9 Å². The van der Waals surface area contributed by atoms with Gasteiger partial charge in [0.05, 0.1) is 5.54 Å². The maximum Gasteiger partial charge on any atom is 0.240 e. The Balaban J connectivity index is 1.85. The molecule has 4 nitrogen and oxygen atoms in total. The van der Waals surface area contributed by atoms with Crippen molar-refractivity contribution in [2.75, 3.05) is 13.2 Å². The molecule has 0 radical (unpaired) electrons. The molecule has 16 heavy (non-hydrogen) atoms. The molecule has 1 saturated heterocycles. The molecule has 1 amide bonds. The first-order chi connectivity index (χ1) is 7.62. The summed E-state index contributed by atoms with van der Waals surface area (Å²) in [6.07, 6.45) is 5.04. The highest BCUT2D eigenvalue weighted by Gasteiger charge is 2.37. The molecule has 0 spiro atoms. The standard InChI is InChI=1S/C12H22N2O2/c1-9(10-3-2-4-10)14-11(15)12(13)5-7-16-8-6-12/h9-10H,2-8,13H2,1H3,(H,14,15). The number of rotatable bonds is 3. The Morgan fingerprint density at radius 2 is 2.06 bits per heavy atom. The second-order valence-electron chi connectivity index (χ2n) is 5.22. The maximum absolute atomic E-state index is 12.1. The summed E-state index contributed by atoms with van der Waals surface area (Å²) in [5, 5.41) is 3.07. The van der Waals surface area contributed by atoms with Gasteiger partial charge in [-0.3, -0.25) is 4.79 Å². The third kappa shape index (κ3) is 2.38. The van der Waals surface area contributed by atoms with Crippen molar-refractivity contribution in [1.82, 2.24) is 5.32 Å². The summed E-state index contributed by atoms with van der Waals surface area (Å²) in [6.45, 7) is 3.29. The normalized spacial score (nSPS) is 26.9. The minimum Gasteiger partial charge on any atom is -0.381 e. The van der Waals surface area contributed by atoms with Crippen LogP contribution in [0.5, 0.6) is 0 Å². The van der Waals surface area contributed by atoms with E-state index < -0.39 is 5.54 Å². The van der Waals surface area contributed by atoms with Gasteiger partial charge in [-0.1, -0.05) is 6.42 Å². The van der Waals surface area contributed by atoms with E-state index in [0.29, 0.717) is 32.0 Å². The van der Waals surface area contributed by atoms with Crippen molar-refractivity contribution in [1.29, 1.82) is 0 Å². The SMILES string of the molecule is CC(NC(=O)C1(N)CCOCC1)C1CCC1. The molecular weight excluding hydrogens is 204 g/mol. The van der Waals surface area contributed by atoms with E-state index in [0.717, 1.165) is 0 Å². The first-order valence-corrected chi connectivity index (χ1v) is 6.29. The highest BCUT2D eigenvalue weighted by atomic mass is 16.5. The molecule has 3 N–H and O–H groups in total.